The molecule has 3 saturated carbocycles. The van der Waals surface area contributed by atoms with Gasteiger partial charge in [-0.25, -0.2) is 0 Å². The Bertz CT molecular complexity index is 842. The number of fused-ring (bicyclic) bond motifs is 5. The number of hydrogen-bond donors (Lipinski definition) is 1. The topological polar surface area (TPSA) is 49.4 Å². The van der Waals surface area contributed by atoms with Crippen LogP contribution in [0.3, 0.4) is 0 Å². The van der Waals surface area contributed by atoms with Crippen LogP contribution < -0.4 is 5.32 Å². The maximum Gasteiger partial charge on any atom is 0.247 e. The largest absolute Gasteiger partial charge is 0.342 e. The second-order valence-corrected chi connectivity index (χ2v) is 12.0. The van der Waals surface area contributed by atoms with E-state index in [0.29, 0.717) is 28.9 Å². The summed E-state index contributed by atoms with van der Waals surface area (Å²) in [6.07, 6.45) is 12.1. The monoisotopic (exact) mass is 440 g/mol. The number of ketones is 1. The molecule has 0 unspecified atom stereocenters. The van der Waals surface area contributed by atoms with Crippen molar-refractivity contribution < 1.29 is 9.59 Å². The third kappa shape index (κ3) is 3.52. The van der Waals surface area contributed by atoms with Crippen molar-refractivity contribution in [1.82, 2.24) is 10.2 Å². The van der Waals surface area contributed by atoms with E-state index >= 15 is 0 Å². The first-order valence-corrected chi connectivity index (χ1v) is 12.9. The summed E-state index contributed by atoms with van der Waals surface area (Å²) in [5.74, 6) is 2.91. The molecule has 0 heterocycles. The molecule has 0 aromatic carbocycles. The molecule has 178 valence electrons. The fourth-order valence-corrected chi connectivity index (χ4v) is 8.29. The number of carbonyl (C=O) groups excluding carboxylic acids is 2. The summed E-state index contributed by atoms with van der Waals surface area (Å²) >= 11 is 0. The van der Waals surface area contributed by atoms with E-state index in [1.165, 1.54) is 25.7 Å². The van der Waals surface area contributed by atoms with Crippen LogP contribution in [0.4, 0.5) is 0 Å². The zero-order chi connectivity index (χ0) is 23.4. The highest BCUT2D eigenvalue weighted by molar-refractivity contribution is 6.05. The van der Waals surface area contributed by atoms with Crippen LogP contribution in [-0.2, 0) is 9.59 Å². The lowest BCUT2D eigenvalue weighted by molar-refractivity contribution is -0.128. The molecule has 3 fully saturated rings. The molecular weight excluding hydrogens is 396 g/mol. The van der Waals surface area contributed by atoms with Gasteiger partial charge in [0.05, 0.1) is 6.04 Å². The number of nitrogens with one attached hydrogen (secondary N) is 1. The van der Waals surface area contributed by atoms with Crippen molar-refractivity contribution in [3.63, 3.8) is 0 Å². The van der Waals surface area contributed by atoms with E-state index in [0.717, 1.165) is 36.7 Å². The highest BCUT2D eigenvalue weighted by Gasteiger charge is 2.60. The highest BCUT2D eigenvalue weighted by atomic mass is 16.2. The van der Waals surface area contributed by atoms with Crippen LogP contribution in [0.2, 0.25) is 0 Å². The minimum atomic E-state index is -0.362. The van der Waals surface area contributed by atoms with Crippen LogP contribution in [0, 0.1) is 34.5 Å². The van der Waals surface area contributed by atoms with Gasteiger partial charge in [-0.15, -0.1) is 0 Å². The maximum atomic E-state index is 13.5. The summed E-state index contributed by atoms with van der Waals surface area (Å²) in [7, 11) is 4.45. The second kappa shape index (κ2) is 8.42. The SMILES string of the molecule is C/C=C(/C)C(=O)N[C@H]1CC[C@@]2(C)C(=CC[C@H]3[C@@H]4CC[C@H]([C@H](C)N(C)C)[C@@]4(C)CC[C@@H]32)C1=O. The van der Waals surface area contributed by atoms with Crippen LogP contribution in [0.25, 0.3) is 0 Å². The first-order chi connectivity index (χ1) is 15.0. The molecule has 1 amide bonds. The van der Waals surface area contributed by atoms with Gasteiger partial charge in [0.25, 0.3) is 0 Å². The van der Waals surface area contributed by atoms with Gasteiger partial charge in [-0.2, -0.15) is 0 Å². The molecule has 0 bridgehead atoms. The number of carbonyl (C=O) groups is 2. The third-order valence-corrected chi connectivity index (χ3v) is 10.6. The smallest absolute Gasteiger partial charge is 0.247 e. The molecule has 8 atom stereocenters. The molecule has 0 saturated heterocycles. The van der Waals surface area contributed by atoms with E-state index < -0.39 is 0 Å². The number of rotatable bonds is 4. The van der Waals surface area contributed by atoms with Crippen LogP contribution in [0.15, 0.2) is 23.3 Å². The van der Waals surface area contributed by atoms with Gasteiger partial charge in [-0.3, -0.25) is 9.59 Å². The van der Waals surface area contributed by atoms with Gasteiger partial charge in [0, 0.05) is 11.6 Å². The van der Waals surface area contributed by atoms with Gasteiger partial charge < -0.3 is 10.2 Å². The van der Waals surface area contributed by atoms with E-state index in [2.05, 4.69) is 51.2 Å². The molecule has 0 aromatic rings. The number of hydrogen-bond acceptors (Lipinski definition) is 3. The minimum Gasteiger partial charge on any atom is -0.342 e. The standard InChI is InChI=1S/C28H44N2O2/c1-8-17(2)26(32)29-24-14-16-28(5)22-13-15-27(4)20(18(3)30(6)7)11-12-21(27)19(22)9-10-23(28)25(24)31/h8,10,18-22,24H,9,11-16H2,1-7H3,(H,29,32)/b17-8-/t18-,19-,20+,21-,22-,24-,27+,28+/m0/s1. The van der Waals surface area contributed by atoms with Crippen molar-refractivity contribution >= 4 is 11.7 Å². The Morgan fingerprint density at radius 1 is 1.16 bits per heavy atom. The Labute approximate surface area is 195 Å². The lowest BCUT2D eigenvalue weighted by Gasteiger charge is -2.58. The molecule has 4 aliphatic carbocycles. The van der Waals surface area contributed by atoms with E-state index in [1.54, 1.807) is 0 Å². The first kappa shape index (κ1) is 23.7. The van der Waals surface area contributed by atoms with Crippen molar-refractivity contribution in [2.75, 3.05) is 14.1 Å². The Kier molecular flexibility index (Phi) is 6.24. The van der Waals surface area contributed by atoms with Gasteiger partial charge in [-0.1, -0.05) is 26.0 Å². The Morgan fingerprint density at radius 2 is 1.88 bits per heavy atom. The van der Waals surface area contributed by atoms with Crippen LogP contribution >= 0.6 is 0 Å². The molecule has 0 radical (unpaired) electrons. The molecule has 32 heavy (non-hydrogen) atoms. The molecule has 0 spiro atoms. The fourth-order valence-electron chi connectivity index (χ4n) is 8.29. The Balaban J connectivity index is 1.56. The van der Waals surface area contributed by atoms with Gasteiger partial charge in [0.2, 0.25) is 5.91 Å². The molecule has 1 N–H and O–H groups in total. The zero-order valence-corrected chi connectivity index (χ0v) is 21.3. The van der Waals surface area contributed by atoms with Crippen molar-refractivity contribution in [2.24, 2.45) is 34.5 Å². The average Bonchev–Trinajstić information content (AvgIpc) is 3.11. The lowest BCUT2D eigenvalue weighted by Crippen LogP contribution is -2.55. The maximum absolute atomic E-state index is 13.5. The summed E-state index contributed by atoms with van der Waals surface area (Å²) in [5.41, 5.74) is 2.10. The summed E-state index contributed by atoms with van der Waals surface area (Å²) in [5, 5.41) is 3.01. The molecule has 0 aliphatic heterocycles. The Hall–Kier alpha value is -1.42. The van der Waals surface area contributed by atoms with Gasteiger partial charge >= 0.3 is 0 Å². The van der Waals surface area contributed by atoms with E-state index in [4.69, 9.17) is 0 Å². The molecule has 4 heteroatoms. The minimum absolute atomic E-state index is 0.0244. The molecule has 0 aromatic heterocycles. The van der Waals surface area contributed by atoms with Crippen molar-refractivity contribution in [3.8, 4) is 0 Å². The predicted octanol–water partition coefficient (Wildman–Crippen LogP) is 5.15. The summed E-state index contributed by atoms with van der Waals surface area (Å²) in [6, 6.07) is 0.256. The summed E-state index contributed by atoms with van der Waals surface area (Å²) in [4.78, 5) is 28.3. The number of allylic oxidation sites excluding steroid dienone is 2. The number of nitrogens with zero attached hydrogens (tertiary/aromatic N) is 1. The van der Waals surface area contributed by atoms with E-state index in [9.17, 15) is 9.59 Å². The molecule has 4 aliphatic rings. The number of amides is 1. The normalized spacial score (nSPS) is 42.6. The molecule has 4 nitrogen and oxygen atoms in total. The summed E-state index contributed by atoms with van der Waals surface area (Å²) in [6.45, 7) is 11.0. The lowest BCUT2D eigenvalue weighted by atomic mass is 9.47. The molecular formula is C28H44N2O2. The van der Waals surface area contributed by atoms with Crippen molar-refractivity contribution in [2.45, 2.75) is 91.6 Å². The summed E-state index contributed by atoms with van der Waals surface area (Å²) < 4.78 is 0. The average molecular weight is 441 g/mol. The second-order valence-electron chi connectivity index (χ2n) is 12.0. The number of Topliss-reactive ketones (excluding diaryl/α,β-unsaturated/α-hetero) is 1. The van der Waals surface area contributed by atoms with Gasteiger partial charge in [0.15, 0.2) is 5.78 Å². The first-order valence-electron chi connectivity index (χ1n) is 12.9. The van der Waals surface area contributed by atoms with Crippen LogP contribution in [0.5, 0.6) is 0 Å². The predicted molar refractivity (Wildman–Crippen MR) is 130 cm³/mol. The van der Waals surface area contributed by atoms with E-state index in [1.807, 2.05) is 19.9 Å². The van der Waals surface area contributed by atoms with Crippen LogP contribution in [0.1, 0.15) is 79.6 Å². The Morgan fingerprint density at radius 3 is 2.53 bits per heavy atom. The van der Waals surface area contributed by atoms with E-state index in [-0.39, 0.29) is 23.1 Å². The third-order valence-electron chi connectivity index (χ3n) is 10.6. The molecule has 4 rings (SSSR count). The van der Waals surface area contributed by atoms with Gasteiger partial charge in [-0.05, 0) is 120 Å². The van der Waals surface area contributed by atoms with Gasteiger partial charge in [0.1, 0.15) is 0 Å². The quantitative estimate of drug-likeness (QED) is 0.616. The highest BCUT2D eigenvalue weighted by Crippen LogP contribution is 2.66. The zero-order valence-electron chi connectivity index (χ0n) is 21.3. The van der Waals surface area contributed by atoms with Crippen molar-refractivity contribution in [3.05, 3.63) is 23.3 Å². The van der Waals surface area contributed by atoms with Crippen molar-refractivity contribution in [1.29, 1.82) is 0 Å². The van der Waals surface area contributed by atoms with Crippen LogP contribution in [-0.4, -0.2) is 42.8 Å². The fraction of sp³-hybridized carbons (Fsp3) is 0.786.